The molecule has 0 saturated heterocycles. The van der Waals surface area contributed by atoms with E-state index >= 15 is 0 Å². The first-order chi connectivity index (χ1) is 10.5. The fraction of sp³-hybridized carbons (Fsp3) is 0.222. The number of aliphatic carboxylic acids is 1. The number of fused-ring (bicyclic) bond motifs is 1. The molecule has 0 spiro atoms. The van der Waals surface area contributed by atoms with Crippen molar-refractivity contribution in [2.45, 2.75) is 20.3 Å². The maximum Gasteiger partial charge on any atom is 0.332 e. The summed E-state index contributed by atoms with van der Waals surface area (Å²) in [6.07, 6.45) is -0.234. The Labute approximate surface area is 129 Å². The normalized spacial score (nSPS) is 11.9. The highest BCUT2D eigenvalue weighted by Crippen LogP contribution is 2.25. The van der Waals surface area contributed by atoms with E-state index in [1.165, 1.54) is 0 Å². The molecule has 0 aliphatic heterocycles. The third-order valence-corrected chi connectivity index (χ3v) is 3.52. The van der Waals surface area contributed by atoms with E-state index in [1.807, 2.05) is 42.5 Å². The lowest BCUT2D eigenvalue weighted by molar-refractivity contribution is -0.144. The number of hydrogen-bond donors (Lipinski definition) is 1. The summed E-state index contributed by atoms with van der Waals surface area (Å²) >= 11 is 0. The van der Waals surface area contributed by atoms with Crippen molar-refractivity contribution in [2.24, 2.45) is 0 Å². The van der Waals surface area contributed by atoms with Crippen molar-refractivity contribution in [3.8, 4) is 0 Å². The lowest BCUT2D eigenvalue weighted by Gasteiger charge is -2.10. The first kappa shape index (κ1) is 15.8. The third kappa shape index (κ3) is 3.52. The molecule has 0 aliphatic rings. The molecular formula is C18H18O4. The molecule has 1 N–H and O–H groups in total. The van der Waals surface area contributed by atoms with E-state index in [0.717, 1.165) is 16.3 Å². The number of carboxylic acids is 1. The van der Waals surface area contributed by atoms with Crippen LogP contribution < -0.4 is 0 Å². The molecule has 0 heterocycles. The summed E-state index contributed by atoms with van der Waals surface area (Å²) in [5.74, 6) is -1.63. The van der Waals surface area contributed by atoms with E-state index in [0.29, 0.717) is 5.57 Å². The molecule has 22 heavy (non-hydrogen) atoms. The molecule has 2 rings (SSSR count). The van der Waals surface area contributed by atoms with E-state index in [9.17, 15) is 14.7 Å². The van der Waals surface area contributed by atoms with Gasteiger partial charge in [-0.3, -0.25) is 4.79 Å². The molecule has 0 saturated carbocycles. The van der Waals surface area contributed by atoms with Gasteiger partial charge in [0.1, 0.15) is 0 Å². The van der Waals surface area contributed by atoms with E-state index in [2.05, 4.69) is 0 Å². The molecule has 2 aromatic rings. The lowest BCUT2D eigenvalue weighted by atomic mass is 9.97. The van der Waals surface area contributed by atoms with Gasteiger partial charge in [-0.1, -0.05) is 36.4 Å². The Balaban J connectivity index is 2.43. The average Bonchev–Trinajstić information content (AvgIpc) is 2.51. The maximum atomic E-state index is 11.6. The zero-order chi connectivity index (χ0) is 16.1. The van der Waals surface area contributed by atoms with Crippen LogP contribution in [0.15, 0.2) is 48.0 Å². The Hall–Kier alpha value is -2.62. The second-order valence-electron chi connectivity index (χ2n) is 4.95. The molecule has 114 valence electrons. The van der Waals surface area contributed by atoms with Gasteiger partial charge in [-0.25, -0.2) is 4.79 Å². The van der Waals surface area contributed by atoms with Crippen LogP contribution >= 0.6 is 0 Å². The molecular weight excluding hydrogens is 280 g/mol. The van der Waals surface area contributed by atoms with Gasteiger partial charge in [-0.2, -0.15) is 0 Å². The van der Waals surface area contributed by atoms with Crippen molar-refractivity contribution in [1.29, 1.82) is 0 Å². The number of esters is 1. The average molecular weight is 298 g/mol. The quantitative estimate of drug-likeness (QED) is 0.676. The molecule has 2 aromatic carbocycles. The molecule has 4 heteroatoms. The van der Waals surface area contributed by atoms with Gasteiger partial charge >= 0.3 is 11.9 Å². The van der Waals surface area contributed by atoms with E-state index in [1.54, 1.807) is 13.8 Å². The van der Waals surface area contributed by atoms with E-state index in [-0.39, 0.29) is 18.6 Å². The molecule has 0 atom stereocenters. The van der Waals surface area contributed by atoms with Crippen molar-refractivity contribution in [3.05, 3.63) is 53.6 Å². The number of allylic oxidation sites excluding steroid dienone is 1. The summed E-state index contributed by atoms with van der Waals surface area (Å²) in [7, 11) is 0. The second-order valence-corrected chi connectivity index (χ2v) is 4.95. The lowest BCUT2D eigenvalue weighted by Crippen LogP contribution is -2.12. The second kappa shape index (κ2) is 6.89. The van der Waals surface area contributed by atoms with E-state index < -0.39 is 11.9 Å². The van der Waals surface area contributed by atoms with Crippen LogP contribution in [0.2, 0.25) is 0 Å². The summed E-state index contributed by atoms with van der Waals surface area (Å²) in [5, 5.41) is 11.5. The number of carbonyl (C=O) groups excluding carboxylic acids is 1. The van der Waals surface area contributed by atoms with Crippen LogP contribution in [0.3, 0.4) is 0 Å². The van der Waals surface area contributed by atoms with Crippen LogP contribution in [0, 0.1) is 0 Å². The molecule has 0 fully saturated rings. The van der Waals surface area contributed by atoms with Crippen molar-refractivity contribution in [3.63, 3.8) is 0 Å². The van der Waals surface area contributed by atoms with Gasteiger partial charge in [0.15, 0.2) is 0 Å². The number of hydrogen-bond acceptors (Lipinski definition) is 3. The predicted octanol–water partition coefficient (Wildman–Crippen LogP) is 3.65. The summed E-state index contributed by atoms with van der Waals surface area (Å²) in [6.45, 7) is 3.64. The highest BCUT2D eigenvalue weighted by Gasteiger charge is 2.17. The zero-order valence-electron chi connectivity index (χ0n) is 12.6. The number of carbonyl (C=O) groups is 2. The number of benzene rings is 2. The molecule has 0 radical (unpaired) electrons. The van der Waals surface area contributed by atoms with Gasteiger partial charge in [-0.15, -0.1) is 0 Å². The molecule has 0 aliphatic carbocycles. The van der Waals surface area contributed by atoms with Crippen LogP contribution in [0.4, 0.5) is 0 Å². The summed E-state index contributed by atoms with van der Waals surface area (Å²) in [4.78, 5) is 23.0. The van der Waals surface area contributed by atoms with Crippen LogP contribution in [-0.2, 0) is 14.3 Å². The number of rotatable bonds is 5. The summed E-state index contributed by atoms with van der Waals surface area (Å²) in [5.41, 5.74) is 1.43. The number of carboxylic acid groups (broad SMARTS) is 1. The van der Waals surface area contributed by atoms with Crippen LogP contribution in [0.5, 0.6) is 0 Å². The van der Waals surface area contributed by atoms with Gasteiger partial charge in [-0.05, 0) is 41.8 Å². The Kier molecular flexibility index (Phi) is 4.94. The fourth-order valence-electron chi connectivity index (χ4n) is 2.32. The third-order valence-electron chi connectivity index (χ3n) is 3.52. The Morgan fingerprint density at radius 3 is 2.41 bits per heavy atom. The van der Waals surface area contributed by atoms with Crippen molar-refractivity contribution >= 4 is 28.3 Å². The monoisotopic (exact) mass is 298 g/mol. The topological polar surface area (TPSA) is 63.6 Å². The SMILES string of the molecule is CCOC(=O)CC(C(=O)O)=C(C)c1ccc2ccccc2c1. The van der Waals surface area contributed by atoms with Crippen LogP contribution in [0.25, 0.3) is 16.3 Å². The smallest absolute Gasteiger partial charge is 0.332 e. The Bertz CT molecular complexity index is 744. The zero-order valence-corrected chi connectivity index (χ0v) is 12.6. The Morgan fingerprint density at radius 2 is 1.77 bits per heavy atom. The molecule has 0 amide bonds. The standard InChI is InChI=1S/C18H18O4/c1-3-22-17(19)11-16(18(20)21)12(2)14-9-8-13-6-4-5-7-15(13)10-14/h4-10H,3,11H2,1-2H3,(H,20,21). The molecule has 0 bridgehead atoms. The van der Waals surface area contributed by atoms with Crippen LogP contribution in [0.1, 0.15) is 25.8 Å². The first-order valence-electron chi connectivity index (χ1n) is 7.10. The maximum absolute atomic E-state index is 11.6. The minimum absolute atomic E-state index is 0.0636. The molecule has 0 aromatic heterocycles. The highest BCUT2D eigenvalue weighted by molar-refractivity contribution is 6.01. The predicted molar refractivity (Wildman–Crippen MR) is 85.4 cm³/mol. The van der Waals surface area contributed by atoms with Gasteiger partial charge in [0.25, 0.3) is 0 Å². The molecule has 4 nitrogen and oxygen atoms in total. The van der Waals surface area contributed by atoms with Crippen LogP contribution in [-0.4, -0.2) is 23.7 Å². The highest BCUT2D eigenvalue weighted by atomic mass is 16.5. The van der Waals surface area contributed by atoms with Gasteiger partial charge in [0.2, 0.25) is 0 Å². The van der Waals surface area contributed by atoms with Crippen molar-refractivity contribution in [1.82, 2.24) is 0 Å². The van der Waals surface area contributed by atoms with Gasteiger partial charge in [0.05, 0.1) is 18.6 Å². The van der Waals surface area contributed by atoms with E-state index in [4.69, 9.17) is 4.74 Å². The summed E-state index contributed by atoms with van der Waals surface area (Å²) in [6, 6.07) is 13.6. The van der Waals surface area contributed by atoms with Crippen molar-refractivity contribution in [2.75, 3.05) is 6.61 Å². The minimum Gasteiger partial charge on any atom is -0.478 e. The minimum atomic E-state index is -1.10. The fourth-order valence-corrected chi connectivity index (χ4v) is 2.32. The first-order valence-corrected chi connectivity index (χ1v) is 7.10. The van der Waals surface area contributed by atoms with Gasteiger partial charge < -0.3 is 9.84 Å². The Morgan fingerprint density at radius 1 is 1.09 bits per heavy atom. The largest absolute Gasteiger partial charge is 0.478 e. The van der Waals surface area contributed by atoms with Gasteiger partial charge in [0, 0.05) is 0 Å². The van der Waals surface area contributed by atoms with Crippen molar-refractivity contribution < 1.29 is 19.4 Å². The summed E-state index contributed by atoms with van der Waals surface area (Å²) < 4.78 is 4.84. The molecule has 0 unspecified atom stereocenters. The number of ether oxygens (including phenoxy) is 1.